The van der Waals surface area contributed by atoms with Gasteiger partial charge in [-0.25, -0.2) is 4.39 Å². The third kappa shape index (κ3) is 4.28. The Morgan fingerprint density at radius 1 is 1.05 bits per heavy atom. The molecule has 0 radical (unpaired) electrons. The molecule has 0 fully saturated rings. The third-order valence-corrected chi connectivity index (χ3v) is 3.20. The van der Waals surface area contributed by atoms with Crippen LogP contribution in [-0.4, -0.2) is 14.2 Å². The molecule has 21 heavy (non-hydrogen) atoms. The fourth-order valence-corrected chi connectivity index (χ4v) is 2.15. The van der Waals surface area contributed by atoms with E-state index in [0.29, 0.717) is 12.2 Å². The van der Waals surface area contributed by atoms with Crippen LogP contribution in [0.4, 0.5) is 4.39 Å². The lowest BCUT2D eigenvalue weighted by Crippen LogP contribution is -2.06. The van der Waals surface area contributed by atoms with Crippen molar-refractivity contribution in [1.82, 2.24) is 5.32 Å². The average molecular weight is 289 g/mol. The molecule has 0 aliphatic heterocycles. The van der Waals surface area contributed by atoms with Crippen LogP contribution in [0, 0.1) is 5.82 Å². The zero-order valence-electron chi connectivity index (χ0n) is 12.4. The minimum Gasteiger partial charge on any atom is -0.496 e. The van der Waals surface area contributed by atoms with Gasteiger partial charge in [-0.3, -0.25) is 0 Å². The van der Waals surface area contributed by atoms with Crippen molar-refractivity contribution in [2.75, 3.05) is 14.2 Å². The van der Waals surface area contributed by atoms with E-state index in [-0.39, 0.29) is 12.4 Å². The van der Waals surface area contributed by atoms with Gasteiger partial charge in [0.25, 0.3) is 0 Å². The maximum absolute atomic E-state index is 13.5. The summed E-state index contributed by atoms with van der Waals surface area (Å²) in [5.41, 5.74) is 2.67. The van der Waals surface area contributed by atoms with Crippen molar-refractivity contribution in [2.24, 2.45) is 0 Å². The van der Waals surface area contributed by atoms with Crippen molar-refractivity contribution in [2.45, 2.75) is 19.8 Å². The van der Waals surface area contributed by atoms with Crippen LogP contribution in [0.5, 0.6) is 5.75 Å². The molecule has 1 N–H and O–H groups in total. The molecule has 0 amide bonds. The predicted octanol–water partition coefficient (Wildman–Crippen LogP) is 3.27. The Morgan fingerprint density at radius 2 is 1.81 bits per heavy atom. The van der Waals surface area contributed by atoms with Crippen LogP contribution in [0.3, 0.4) is 0 Å². The van der Waals surface area contributed by atoms with Crippen LogP contribution in [-0.2, 0) is 24.5 Å². The first-order valence-electron chi connectivity index (χ1n) is 6.86. The maximum Gasteiger partial charge on any atom is 0.128 e. The van der Waals surface area contributed by atoms with Gasteiger partial charge < -0.3 is 14.8 Å². The van der Waals surface area contributed by atoms with Gasteiger partial charge in [-0.15, -0.1) is 0 Å². The van der Waals surface area contributed by atoms with Crippen LogP contribution in [0.2, 0.25) is 0 Å². The van der Waals surface area contributed by atoms with Gasteiger partial charge in [0.15, 0.2) is 0 Å². The van der Waals surface area contributed by atoms with Crippen molar-refractivity contribution in [3.8, 4) is 5.75 Å². The van der Waals surface area contributed by atoms with Crippen molar-refractivity contribution in [3.05, 3.63) is 65.0 Å². The van der Waals surface area contributed by atoms with Crippen molar-refractivity contribution < 1.29 is 13.9 Å². The summed E-state index contributed by atoms with van der Waals surface area (Å²) in [6.07, 6.45) is 0. The Labute approximate surface area is 124 Å². The molecule has 0 bridgehead atoms. The van der Waals surface area contributed by atoms with Crippen LogP contribution < -0.4 is 10.1 Å². The Balaban J connectivity index is 2.01. The zero-order valence-corrected chi connectivity index (χ0v) is 12.4. The van der Waals surface area contributed by atoms with E-state index >= 15 is 0 Å². The summed E-state index contributed by atoms with van der Waals surface area (Å²) in [4.78, 5) is 0. The number of nitrogens with one attached hydrogen (secondary N) is 1. The SMILES string of the molecule is CNCc1ccc(OC)c(COCc2ccccc2F)c1. The second-order valence-electron chi connectivity index (χ2n) is 4.76. The van der Waals surface area contributed by atoms with E-state index in [2.05, 4.69) is 5.32 Å². The highest BCUT2D eigenvalue weighted by Gasteiger charge is 2.06. The molecule has 0 aromatic heterocycles. The minimum atomic E-state index is -0.242. The predicted molar refractivity (Wildman–Crippen MR) is 80.7 cm³/mol. The van der Waals surface area contributed by atoms with Crippen molar-refractivity contribution >= 4 is 0 Å². The smallest absolute Gasteiger partial charge is 0.128 e. The standard InChI is InChI=1S/C17H20FNO2/c1-19-10-13-7-8-17(20-2)15(9-13)12-21-11-14-5-3-4-6-16(14)18/h3-9,19H,10-12H2,1-2H3. The first kappa shape index (κ1) is 15.5. The summed E-state index contributed by atoms with van der Waals surface area (Å²) < 4.78 is 24.5. The number of hydrogen-bond acceptors (Lipinski definition) is 3. The fourth-order valence-electron chi connectivity index (χ4n) is 2.15. The van der Waals surface area contributed by atoms with Gasteiger partial charge in [0.1, 0.15) is 11.6 Å². The minimum absolute atomic E-state index is 0.242. The molecular weight excluding hydrogens is 269 g/mol. The molecule has 2 aromatic carbocycles. The Hall–Kier alpha value is -1.91. The molecule has 0 heterocycles. The fraction of sp³-hybridized carbons (Fsp3) is 0.294. The Kier molecular flexibility index (Phi) is 5.72. The highest BCUT2D eigenvalue weighted by atomic mass is 19.1. The van der Waals surface area contributed by atoms with Gasteiger partial charge in [-0.05, 0) is 30.8 Å². The van der Waals surface area contributed by atoms with Crippen molar-refractivity contribution in [1.29, 1.82) is 0 Å². The maximum atomic E-state index is 13.5. The molecule has 0 unspecified atom stereocenters. The monoisotopic (exact) mass is 289 g/mol. The number of hydrogen-bond donors (Lipinski definition) is 1. The van der Waals surface area contributed by atoms with E-state index in [4.69, 9.17) is 9.47 Å². The van der Waals surface area contributed by atoms with Crippen LogP contribution >= 0.6 is 0 Å². The largest absolute Gasteiger partial charge is 0.496 e. The summed E-state index contributed by atoms with van der Waals surface area (Å²) in [5.74, 6) is 0.539. The molecule has 2 aromatic rings. The lowest BCUT2D eigenvalue weighted by atomic mass is 10.1. The van der Waals surface area contributed by atoms with E-state index in [1.165, 1.54) is 6.07 Å². The zero-order chi connectivity index (χ0) is 15.1. The van der Waals surface area contributed by atoms with Gasteiger partial charge >= 0.3 is 0 Å². The summed E-state index contributed by atoms with van der Waals surface area (Å²) >= 11 is 0. The molecule has 0 saturated carbocycles. The molecule has 0 aliphatic rings. The van der Waals surface area contributed by atoms with Gasteiger partial charge in [0, 0.05) is 17.7 Å². The van der Waals surface area contributed by atoms with Crippen LogP contribution in [0.25, 0.3) is 0 Å². The second-order valence-corrected chi connectivity index (χ2v) is 4.76. The molecule has 2 rings (SSSR count). The number of halogens is 1. The molecule has 3 nitrogen and oxygen atoms in total. The van der Waals surface area contributed by atoms with Gasteiger partial charge in [-0.1, -0.05) is 24.3 Å². The van der Waals surface area contributed by atoms with Gasteiger partial charge in [-0.2, -0.15) is 0 Å². The number of ether oxygens (including phenoxy) is 2. The normalized spacial score (nSPS) is 10.6. The van der Waals surface area contributed by atoms with E-state index < -0.39 is 0 Å². The van der Waals surface area contributed by atoms with Gasteiger partial charge in [0.05, 0.1) is 20.3 Å². The molecule has 0 aliphatic carbocycles. The van der Waals surface area contributed by atoms with E-state index in [1.807, 2.05) is 25.2 Å². The topological polar surface area (TPSA) is 30.5 Å². The third-order valence-electron chi connectivity index (χ3n) is 3.20. The van der Waals surface area contributed by atoms with Crippen molar-refractivity contribution in [3.63, 3.8) is 0 Å². The van der Waals surface area contributed by atoms with Crippen LogP contribution in [0.15, 0.2) is 42.5 Å². The summed E-state index contributed by atoms with van der Waals surface area (Å²) in [6.45, 7) is 1.41. The average Bonchev–Trinajstić information content (AvgIpc) is 2.50. The molecule has 112 valence electrons. The van der Waals surface area contributed by atoms with E-state index in [1.54, 1.807) is 25.3 Å². The molecule has 0 saturated heterocycles. The van der Waals surface area contributed by atoms with E-state index in [0.717, 1.165) is 23.4 Å². The molecule has 0 spiro atoms. The van der Waals surface area contributed by atoms with Crippen LogP contribution in [0.1, 0.15) is 16.7 Å². The quantitative estimate of drug-likeness (QED) is 0.848. The summed E-state index contributed by atoms with van der Waals surface area (Å²) in [6, 6.07) is 12.6. The number of methoxy groups -OCH3 is 1. The van der Waals surface area contributed by atoms with Gasteiger partial charge in [0.2, 0.25) is 0 Å². The molecular formula is C17H20FNO2. The first-order valence-corrected chi connectivity index (χ1v) is 6.86. The Morgan fingerprint density at radius 3 is 2.52 bits per heavy atom. The number of benzene rings is 2. The summed E-state index contributed by atoms with van der Waals surface area (Å²) in [7, 11) is 3.53. The molecule has 4 heteroatoms. The lowest BCUT2D eigenvalue weighted by Gasteiger charge is -2.11. The highest BCUT2D eigenvalue weighted by Crippen LogP contribution is 2.21. The second kappa shape index (κ2) is 7.76. The Bertz CT molecular complexity index is 587. The highest BCUT2D eigenvalue weighted by molar-refractivity contribution is 5.37. The number of rotatable bonds is 7. The lowest BCUT2D eigenvalue weighted by molar-refractivity contribution is 0.103. The summed E-state index contributed by atoms with van der Waals surface area (Å²) in [5, 5.41) is 3.11. The molecule has 0 atom stereocenters. The van der Waals surface area contributed by atoms with E-state index in [9.17, 15) is 4.39 Å². The first-order chi connectivity index (χ1) is 10.2.